The standard InChI is InChI=1S/C25H25N3O4/c26-16-19-9-6-10-20(15-19)27-24(29)23-21-11-4-5-12-22(21)31-14-13-28(23)25(30)32-17-18-7-2-1-3-8-18/h1-12,15,23H,13-14,16-17,26H2,(H,27,29)/t23-/m1/s1. The van der Waals surface area contributed by atoms with Gasteiger partial charge in [-0.2, -0.15) is 0 Å². The maximum absolute atomic E-state index is 13.4. The Hall–Kier alpha value is -3.84. The lowest BCUT2D eigenvalue weighted by Crippen LogP contribution is -2.42. The fourth-order valence-corrected chi connectivity index (χ4v) is 3.66. The van der Waals surface area contributed by atoms with E-state index in [2.05, 4.69) is 5.32 Å². The zero-order valence-electron chi connectivity index (χ0n) is 17.6. The number of benzene rings is 3. The highest BCUT2D eigenvalue weighted by atomic mass is 16.6. The highest BCUT2D eigenvalue weighted by Gasteiger charge is 2.36. The third-order valence-corrected chi connectivity index (χ3v) is 5.23. The average molecular weight is 431 g/mol. The smallest absolute Gasteiger partial charge is 0.411 e. The van der Waals surface area contributed by atoms with Gasteiger partial charge in [-0.25, -0.2) is 4.79 Å². The van der Waals surface area contributed by atoms with Crippen LogP contribution >= 0.6 is 0 Å². The maximum atomic E-state index is 13.4. The van der Waals surface area contributed by atoms with Crippen molar-refractivity contribution < 1.29 is 19.1 Å². The number of rotatable bonds is 5. The molecule has 0 aromatic heterocycles. The van der Waals surface area contributed by atoms with Gasteiger partial charge in [0.15, 0.2) is 0 Å². The molecule has 3 aromatic carbocycles. The van der Waals surface area contributed by atoms with Crippen LogP contribution in [0.2, 0.25) is 0 Å². The predicted octanol–water partition coefficient (Wildman–Crippen LogP) is 3.86. The van der Waals surface area contributed by atoms with Crippen LogP contribution in [0, 0.1) is 0 Å². The van der Waals surface area contributed by atoms with Gasteiger partial charge in [0, 0.05) is 17.8 Å². The van der Waals surface area contributed by atoms with E-state index in [-0.39, 0.29) is 25.7 Å². The highest BCUT2D eigenvalue weighted by Crippen LogP contribution is 2.33. The fraction of sp³-hybridized carbons (Fsp3) is 0.200. The van der Waals surface area contributed by atoms with Gasteiger partial charge in [0.1, 0.15) is 25.0 Å². The molecule has 1 heterocycles. The summed E-state index contributed by atoms with van der Waals surface area (Å²) in [6, 6.07) is 23.1. The van der Waals surface area contributed by atoms with Gasteiger partial charge in [-0.05, 0) is 29.3 Å². The number of para-hydroxylation sites is 1. The molecule has 7 heteroatoms. The average Bonchev–Trinajstić information content (AvgIpc) is 3.03. The van der Waals surface area contributed by atoms with Crippen molar-refractivity contribution in [3.8, 4) is 5.75 Å². The second kappa shape index (κ2) is 9.98. The third kappa shape index (κ3) is 4.90. The quantitative estimate of drug-likeness (QED) is 0.640. The van der Waals surface area contributed by atoms with Crippen LogP contribution in [0.5, 0.6) is 5.75 Å². The molecule has 0 bridgehead atoms. The van der Waals surface area contributed by atoms with Crippen LogP contribution in [0.3, 0.4) is 0 Å². The molecule has 0 fully saturated rings. The zero-order valence-corrected chi connectivity index (χ0v) is 17.6. The molecule has 7 nitrogen and oxygen atoms in total. The van der Waals surface area contributed by atoms with E-state index in [0.717, 1.165) is 11.1 Å². The van der Waals surface area contributed by atoms with Crippen molar-refractivity contribution in [1.82, 2.24) is 4.90 Å². The van der Waals surface area contributed by atoms with E-state index in [4.69, 9.17) is 15.2 Å². The van der Waals surface area contributed by atoms with Crippen LogP contribution < -0.4 is 15.8 Å². The van der Waals surface area contributed by atoms with Gasteiger partial charge in [-0.3, -0.25) is 9.69 Å². The number of amides is 2. The van der Waals surface area contributed by atoms with E-state index >= 15 is 0 Å². The molecule has 0 radical (unpaired) electrons. The van der Waals surface area contributed by atoms with E-state index in [0.29, 0.717) is 23.5 Å². The molecule has 0 aliphatic carbocycles. The van der Waals surface area contributed by atoms with E-state index in [1.165, 1.54) is 4.90 Å². The van der Waals surface area contributed by atoms with Crippen molar-refractivity contribution in [2.45, 2.75) is 19.2 Å². The highest BCUT2D eigenvalue weighted by molar-refractivity contribution is 5.97. The van der Waals surface area contributed by atoms with Gasteiger partial charge in [0.2, 0.25) is 0 Å². The Morgan fingerprint density at radius 1 is 1.00 bits per heavy atom. The second-order valence-corrected chi connectivity index (χ2v) is 7.42. The van der Waals surface area contributed by atoms with Crippen LogP contribution in [0.1, 0.15) is 22.7 Å². The Labute approximate surface area is 186 Å². The predicted molar refractivity (Wildman–Crippen MR) is 121 cm³/mol. The van der Waals surface area contributed by atoms with E-state index in [9.17, 15) is 9.59 Å². The Bertz CT molecular complexity index is 1090. The number of nitrogens with zero attached hydrogens (tertiary/aromatic N) is 1. The summed E-state index contributed by atoms with van der Waals surface area (Å²) in [5.74, 6) is 0.218. The van der Waals surface area contributed by atoms with E-state index in [1.54, 1.807) is 18.2 Å². The van der Waals surface area contributed by atoms with Crippen molar-refractivity contribution in [3.05, 3.63) is 95.6 Å². The first-order chi connectivity index (χ1) is 15.7. The topological polar surface area (TPSA) is 93.9 Å². The van der Waals surface area contributed by atoms with Gasteiger partial charge < -0.3 is 20.5 Å². The third-order valence-electron chi connectivity index (χ3n) is 5.23. The lowest BCUT2D eigenvalue weighted by molar-refractivity contribution is -0.121. The molecule has 0 saturated carbocycles. The minimum absolute atomic E-state index is 0.117. The molecule has 2 amide bonds. The lowest BCUT2D eigenvalue weighted by Gasteiger charge is -2.28. The van der Waals surface area contributed by atoms with Crippen molar-refractivity contribution in [2.75, 3.05) is 18.5 Å². The number of fused-ring (bicyclic) bond motifs is 1. The molecule has 4 rings (SSSR count). The molecule has 3 N–H and O–H groups in total. The normalized spacial score (nSPS) is 15.2. The monoisotopic (exact) mass is 431 g/mol. The number of hydrogen-bond donors (Lipinski definition) is 2. The molecule has 3 aromatic rings. The molecular formula is C25H25N3O4. The minimum atomic E-state index is -0.904. The fourth-order valence-electron chi connectivity index (χ4n) is 3.66. The Morgan fingerprint density at radius 2 is 1.75 bits per heavy atom. The van der Waals surface area contributed by atoms with Crippen LogP contribution in [-0.2, 0) is 22.7 Å². The summed E-state index contributed by atoms with van der Waals surface area (Å²) in [6.07, 6.45) is -0.579. The number of nitrogens with one attached hydrogen (secondary N) is 1. The van der Waals surface area contributed by atoms with Crippen molar-refractivity contribution in [3.63, 3.8) is 0 Å². The summed E-state index contributed by atoms with van der Waals surface area (Å²) in [5.41, 5.74) is 8.70. The first-order valence-electron chi connectivity index (χ1n) is 10.4. The van der Waals surface area contributed by atoms with Gasteiger partial charge in [-0.1, -0.05) is 60.7 Å². The Kier molecular flexibility index (Phi) is 6.67. The number of nitrogens with two attached hydrogens (primary N) is 1. The summed E-state index contributed by atoms with van der Waals surface area (Å²) in [5, 5.41) is 2.91. The van der Waals surface area contributed by atoms with Crippen LogP contribution in [-0.4, -0.2) is 30.1 Å². The van der Waals surface area contributed by atoms with Crippen molar-refractivity contribution in [1.29, 1.82) is 0 Å². The maximum Gasteiger partial charge on any atom is 0.411 e. The molecule has 1 atom stereocenters. The lowest BCUT2D eigenvalue weighted by atomic mass is 10.0. The summed E-state index contributed by atoms with van der Waals surface area (Å²) < 4.78 is 11.4. The number of anilines is 1. The summed E-state index contributed by atoms with van der Waals surface area (Å²) in [6.45, 7) is 0.945. The van der Waals surface area contributed by atoms with Crippen LogP contribution in [0.15, 0.2) is 78.9 Å². The van der Waals surface area contributed by atoms with Crippen molar-refractivity contribution in [2.24, 2.45) is 5.73 Å². The number of carbonyl (C=O) groups excluding carboxylic acids is 2. The SMILES string of the molecule is NCc1cccc(NC(=O)[C@H]2c3ccccc3OCCN2C(=O)OCc2ccccc2)c1. The number of ether oxygens (including phenoxy) is 2. The van der Waals surface area contributed by atoms with E-state index in [1.807, 2.05) is 60.7 Å². The van der Waals surface area contributed by atoms with Crippen LogP contribution in [0.4, 0.5) is 10.5 Å². The first-order valence-corrected chi connectivity index (χ1v) is 10.4. The van der Waals surface area contributed by atoms with Crippen LogP contribution in [0.25, 0.3) is 0 Å². The summed E-state index contributed by atoms with van der Waals surface area (Å²) in [7, 11) is 0. The number of hydrogen-bond acceptors (Lipinski definition) is 5. The van der Waals surface area contributed by atoms with Gasteiger partial charge in [0.05, 0.1) is 6.54 Å². The van der Waals surface area contributed by atoms with Gasteiger partial charge >= 0.3 is 6.09 Å². The molecular weight excluding hydrogens is 406 g/mol. The summed E-state index contributed by atoms with van der Waals surface area (Å²) >= 11 is 0. The summed E-state index contributed by atoms with van der Waals surface area (Å²) in [4.78, 5) is 27.9. The van der Waals surface area contributed by atoms with Crippen molar-refractivity contribution >= 4 is 17.7 Å². The minimum Gasteiger partial charge on any atom is -0.491 e. The molecule has 0 saturated heterocycles. The van der Waals surface area contributed by atoms with Gasteiger partial charge in [0.25, 0.3) is 5.91 Å². The largest absolute Gasteiger partial charge is 0.491 e. The first kappa shape index (κ1) is 21.4. The molecule has 1 aliphatic rings. The second-order valence-electron chi connectivity index (χ2n) is 7.42. The molecule has 0 spiro atoms. The van der Waals surface area contributed by atoms with E-state index < -0.39 is 12.1 Å². The molecule has 1 aliphatic heterocycles. The Balaban J connectivity index is 1.60. The molecule has 32 heavy (non-hydrogen) atoms. The zero-order chi connectivity index (χ0) is 22.3. The Morgan fingerprint density at radius 3 is 2.56 bits per heavy atom. The number of carbonyl (C=O) groups is 2. The molecule has 164 valence electrons. The van der Waals surface area contributed by atoms with Gasteiger partial charge in [-0.15, -0.1) is 0 Å². The molecule has 0 unspecified atom stereocenters.